The second-order valence-corrected chi connectivity index (χ2v) is 4.41. The van der Waals surface area contributed by atoms with Crippen molar-refractivity contribution in [1.82, 2.24) is 15.5 Å². The summed E-state index contributed by atoms with van der Waals surface area (Å²) in [6, 6.07) is 11.7. The highest BCUT2D eigenvalue weighted by Crippen LogP contribution is 2.15. The van der Waals surface area contributed by atoms with Crippen molar-refractivity contribution < 1.29 is 9.18 Å². The molecular weight excluding hydrogens is 257 g/mol. The number of H-pyrrole nitrogens is 1. The van der Waals surface area contributed by atoms with E-state index >= 15 is 0 Å². The van der Waals surface area contributed by atoms with Gasteiger partial charge in [0.1, 0.15) is 5.82 Å². The highest BCUT2D eigenvalue weighted by molar-refractivity contribution is 6.05. The fourth-order valence-electron chi connectivity index (χ4n) is 2.07. The summed E-state index contributed by atoms with van der Waals surface area (Å²) >= 11 is 0. The maximum absolute atomic E-state index is 13.5. The van der Waals surface area contributed by atoms with Crippen LogP contribution in [0.25, 0.3) is 10.9 Å². The zero-order valence-corrected chi connectivity index (χ0v) is 10.6. The zero-order valence-electron chi connectivity index (χ0n) is 10.6. The molecule has 0 spiro atoms. The second-order valence-electron chi connectivity index (χ2n) is 4.41. The summed E-state index contributed by atoms with van der Waals surface area (Å²) in [6.45, 7) is 0.149. The molecule has 4 nitrogen and oxygen atoms in total. The van der Waals surface area contributed by atoms with Crippen LogP contribution < -0.4 is 5.32 Å². The minimum atomic E-state index is -0.326. The second kappa shape index (κ2) is 5.13. The first kappa shape index (κ1) is 12.3. The van der Waals surface area contributed by atoms with Gasteiger partial charge in [0.2, 0.25) is 0 Å². The van der Waals surface area contributed by atoms with Crippen LogP contribution in [-0.2, 0) is 6.54 Å². The molecule has 0 radical (unpaired) electrons. The van der Waals surface area contributed by atoms with Crippen LogP contribution in [-0.4, -0.2) is 16.1 Å². The molecule has 0 aliphatic heterocycles. The van der Waals surface area contributed by atoms with Crippen molar-refractivity contribution in [3.63, 3.8) is 0 Å². The van der Waals surface area contributed by atoms with Gasteiger partial charge in [-0.1, -0.05) is 30.3 Å². The van der Waals surface area contributed by atoms with Gasteiger partial charge in [0.25, 0.3) is 5.91 Å². The number of aromatic amines is 1. The lowest BCUT2D eigenvalue weighted by atomic mass is 10.1. The number of carbonyl (C=O) groups is 1. The monoisotopic (exact) mass is 269 g/mol. The van der Waals surface area contributed by atoms with Gasteiger partial charge in [-0.3, -0.25) is 9.89 Å². The van der Waals surface area contributed by atoms with Gasteiger partial charge < -0.3 is 5.32 Å². The summed E-state index contributed by atoms with van der Waals surface area (Å²) in [4.78, 5) is 12.2. The predicted molar refractivity (Wildman–Crippen MR) is 73.7 cm³/mol. The van der Waals surface area contributed by atoms with Crippen molar-refractivity contribution in [3.05, 3.63) is 65.6 Å². The molecule has 0 aliphatic rings. The molecule has 0 fully saturated rings. The number of aromatic nitrogens is 2. The van der Waals surface area contributed by atoms with E-state index < -0.39 is 0 Å². The molecule has 20 heavy (non-hydrogen) atoms. The minimum Gasteiger partial charge on any atom is -0.348 e. The first-order valence-corrected chi connectivity index (χ1v) is 6.19. The van der Waals surface area contributed by atoms with Gasteiger partial charge in [0.05, 0.1) is 17.3 Å². The molecule has 100 valence electrons. The largest absolute Gasteiger partial charge is 0.348 e. The van der Waals surface area contributed by atoms with Gasteiger partial charge in [-0.25, -0.2) is 4.39 Å². The Balaban J connectivity index is 1.80. The summed E-state index contributed by atoms with van der Waals surface area (Å²) in [5.41, 5.74) is 1.63. The van der Waals surface area contributed by atoms with E-state index in [1.807, 2.05) is 6.07 Å². The number of hydrogen-bond acceptors (Lipinski definition) is 2. The molecule has 3 aromatic rings. The Morgan fingerprint density at radius 2 is 2.05 bits per heavy atom. The molecule has 2 N–H and O–H groups in total. The van der Waals surface area contributed by atoms with E-state index in [-0.39, 0.29) is 18.3 Å². The number of amides is 1. The van der Waals surface area contributed by atoms with Crippen molar-refractivity contribution in [1.29, 1.82) is 0 Å². The molecule has 1 amide bonds. The highest BCUT2D eigenvalue weighted by Gasteiger charge is 2.11. The average molecular weight is 269 g/mol. The lowest BCUT2D eigenvalue weighted by molar-refractivity contribution is 0.0952. The van der Waals surface area contributed by atoms with Crippen molar-refractivity contribution in [3.8, 4) is 0 Å². The van der Waals surface area contributed by atoms with Gasteiger partial charge in [-0.15, -0.1) is 0 Å². The third-order valence-electron chi connectivity index (χ3n) is 3.12. The molecule has 0 bridgehead atoms. The van der Waals surface area contributed by atoms with E-state index in [9.17, 15) is 9.18 Å². The van der Waals surface area contributed by atoms with Crippen LogP contribution in [0.15, 0.2) is 48.7 Å². The minimum absolute atomic E-state index is 0.149. The van der Waals surface area contributed by atoms with Crippen LogP contribution in [0.2, 0.25) is 0 Å². The van der Waals surface area contributed by atoms with Crippen LogP contribution in [0, 0.1) is 5.82 Å². The summed E-state index contributed by atoms with van der Waals surface area (Å²) in [5.74, 6) is -0.587. The maximum atomic E-state index is 13.5. The smallest absolute Gasteiger partial charge is 0.253 e. The van der Waals surface area contributed by atoms with E-state index in [1.54, 1.807) is 36.5 Å². The van der Waals surface area contributed by atoms with Crippen LogP contribution in [0.3, 0.4) is 0 Å². The lowest BCUT2D eigenvalue weighted by Crippen LogP contribution is -2.23. The third kappa shape index (κ3) is 2.25. The number of para-hydroxylation sites is 1. The first-order valence-electron chi connectivity index (χ1n) is 6.19. The van der Waals surface area contributed by atoms with Gasteiger partial charge >= 0.3 is 0 Å². The van der Waals surface area contributed by atoms with Gasteiger partial charge in [0, 0.05) is 17.5 Å². The maximum Gasteiger partial charge on any atom is 0.253 e. The number of halogens is 1. The standard InChI is InChI=1S/C15H12FN3O/c16-13-7-2-1-4-10(13)8-17-15(20)12-6-3-5-11-9-18-19-14(11)12/h1-7,9H,8H2,(H,17,20)(H,18,19). The molecule has 0 atom stereocenters. The van der Waals surface area contributed by atoms with Crippen molar-refractivity contribution in [2.45, 2.75) is 6.54 Å². The Morgan fingerprint density at radius 3 is 2.90 bits per heavy atom. The SMILES string of the molecule is O=C(NCc1ccccc1F)c1cccc2cn[nH]c12. The van der Waals surface area contributed by atoms with Gasteiger partial charge in [-0.05, 0) is 12.1 Å². The molecule has 1 heterocycles. The number of hydrogen-bond donors (Lipinski definition) is 2. The molecule has 2 aromatic carbocycles. The fraction of sp³-hybridized carbons (Fsp3) is 0.0667. The molecule has 0 saturated carbocycles. The number of benzene rings is 2. The molecule has 0 unspecified atom stereocenters. The van der Waals surface area contributed by atoms with E-state index in [0.717, 1.165) is 5.39 Å². The molecule has 1 aromatic heterocycles. The van der Waals surface area contributed by atoms with Crippen LogP contribution >= 0.6 is 0 Å². The van der Waals surface area contributed by atoms with Gasteiger partial charge in [0.15, 0.2) is 0 Å². The lowest BCUT2D eigenvalue weighted by Gasteiger charge is -2.07. The third-order valence-corrected chi connectivity index (χ3v) is 3.12. The summed E-state index contributed by atoms with van der Waals surface area (Å²) in [6.07, 6.45) is 1.66. The quantitative estimate of drug-likeness (QED) is 0.768. The van der Waals surface area contributed by atoms with Crippen LogP contribution in [0.1, 0.15) is 15.9 Å². The van der Waals surface area contributed by atoms with E-state index in [1.165, 1.54) is 6.07 Å². The Morgan fingerprint density at radius 1 is 1.20 bits per heavy atom. The average Bonchev–Trinajstić information content (AvgIpc) is 2.94. The van der Waals surface area contributed by atoms with Crippen LogP contribution in [0.5, 0.6) is 0 Å². The zero-order chi connectivity index (χ0) is 13.9. The normalized spacial score (nSPS) is 10.7. The van der Waals surface area contributed by atoms with Crippen molar-refractivity contribution in [2.24, 2.45) is 0 Å². The Hall–Kier alpha value is -2.69. The number of carbonyl (C=O) groups excluding carboxylic acids is 1. The summed E-state index contributed by atoms with van der Waals surface area (Å²) in [5, 5.41) is 10.3. The van der Waals surface area contributed by atoms with Crippen molar-refractivity contribution in [2.75, 3.05) is 0 Å². The molecule has 3 rings (SSSR count). The number of nitrogens with one attached hydrogen (secondary N) is 2. The molecular formula is C15H12FN3O. The Bertz CT molecular complexity index is 766. The fourth-order valence-corrected chi connectivity index (χ4v) is 2.07. The molecule has 0 saturated heterocycles. The van der Waals surface area contributed by atoms with Gasteiger partial charge in [-0.2, -0.15) is 5.10 Å². The Kier molecular flexibility index (Phi) is 3.16. The number of fused-ring (bicyclic) bond motifs is 1. The summed E-state index contributed by atoms with van der Waals surface area (Å²) in [7, 11) is 0. The van der Waals surface area contributed by atoms with Crippen molar-refractivity contribution >= 4 is 16.8 Å². The highest BCUT2D eigenvalue weighted by atomic mass is 19.1. The molecule has 0 aliphatic carbocycles. The van der Waals surface area contributed by atoms with E-state index in [2.05, 4.69) is 15.5 Å². The number of nitrogens with zero attached hydrogens (tertiary/aromatic N) is 1. The Labute approximate surface area is 114 Å². The number of rotatable bonds is 3. The van der Waals surface area contributed by atoms with Crippen LogP contribution in [0.4, 0.5) is 4.39 Å². The van der Waals surface area contributed by atoms with E-state index in [4.69, 9.17) is 0 Å². The topological polar surface area (TPSA) is 57.8 Å². The van der Waals surface area contributed by atoms with E-state index in [0.29, 0.717) is 16.6 Å². The molecule has 5 heteroatoms. The first-order chi connectivity index (χ1) is 9.75. The summed E-state index contributed by atoms with van der Waals surface area (Å²) < 4.78 is 13.5. The predicted octanol–water partition coefficient (Wildman–Crippen LogP) is 2.63.